The molecule has 136 valence electrons. The second-order valence-electron chi connectivity index (χ2n) is 8.89. The van der Waals surface area contributed by atoms with Gasteiger partial charge in [0.15, 0.2) is 0 Å². The van der Waals surface area contributed by atoms with Gasteiger partial charge in [0.2, 0.25) is 5.91 Å². The number of hydrogen-bond acceptors (Lipinski definition) is 2. The summed E-state index contributed by atoms with van der Waals surface area (Å²) in [6.07, 6.45) is 18.2. The fraction of sp³-hybridized carbons (Fsp3) is 0.545. The van der Waals surface area contributed by atoms with Gasteiger partial charge >= 0.3 is 0 Å². The minimum absolute atomic E-state index is 0.104. The van der Waals surface area contributed by atoms with Crippen LogP contribution in [0, 0.1) is 22.7 Å². The van der Waals surface area contributed by atoms with Crippen LogP contribution >= 0.6 is 0 Å². The number of nitrogens with one attached hydrogen (secondary N) is 1. The first-order valence-corrected chi connectivity index (χ1v) is 9.92. The minimum atomic E-state index is 0.104. The van der Waals surface area contributed by atoms with Crippen molar-refractivity contribution in [2.45, 2.75) is 46.0 Å². The number of aromatic nitrogens is 2. The fourth-order valence-corrected chi connectivity index (χ4v) is 6.32. The van der Waals surface area contributed by atoms with Crippen molar-refractivity contribution in [3.8, 4) is 0 Å². The molecule has 4 heteroatoms. The van der Waals surface area contributed by atoms with Gasteiger partial charge in [-0.25, -0.2) is 4.98 Å². The highest BCUT2D eigenvalue weighted by molar-refractivity contribution is 5.88. The maximum Gasteiger partial charge on any atom is 0.243 e. The van der Waals surface area contributed by atoms with Crippen molar-refractivity contribution in [2.75, 3.05) is 6.54 Å². The van der Waals surface area contributed by atoms with Crippen LogP contribution in [-0.2, 0) is 4.79 Å². The van der Waals surface area contributed by atoms with Gasteiger partial charge in [0.25, 0.3) is 0 Å². The monoisotopic (exact) mass is 349 g/mol. The van der Waals surface area contributed by atoms with E-state index in [-0.39, 0.29) is 16.7 Å². The van der Waals surface area contributed by atoms with Crippen molar-refractivity contribution in [3.05, 3.63) is 48.1 Å². The van der Waals surface area contributed by atoms with Gasteiger partial charge in [-0.2, -0.15) is 0 Å². The molecule has 2 saturated carbocycles. The van der Waals surface area contributed by atoms with Crippen molar-refractivity contribution in [2.24, 2.45) is 22.7 Å². The summed E-state index contributed by atoms with van der Waals surface area (Å²) in [7, 11) is 0. The maximum absolute atomic E-state index is 12.0. The van der Waals surface area contributed by atoms with Crippen LogP contribution in [0.5, 0.6) is 0 Å². The van der Waals surface area contributed by atoms with E-state index in [1.54, 1.807) is 5.57 Å². The molecule has 0 saturated heterocycles. The van der Waals surface area contributed by atoms with Crippen molar-refractivity contribution >= 4 is 11.6 Å². The number of carbonyl (C=O) groups excluding carboxylic acids is 1. The topological polar surface area (TPSA) is 46.9 Å². The van der Waals surface area contributed by atoms with Crippen molar-refractivity contribution in [1.82, 2.24) is 14.9 Å². The number of allylic oxidation sites excluding steroid dienone is 5. The van der Waals surface area contributed by atoms with Gasteiger partial charge < -0.3 is 9.88 Å². The molecule has 2 fully saturated rings. The fourth-order valence-electron chi connectivity index (χ4n) is 6.32. The Bertz CT molecular complexity index is 847. The lowest BCUT2D eigenvalue weighted by Crippen LogP contribution is -2.46. The molecule has 0 aromatic carbocycles. The Hall–Kier alpha value is -2.10. The van der Waals surface area contributed by atoms with E-state index < -0.39 is 0 Å². The molecule has 3 aliphatic carbocycles. The molecule has 4 nitrogen and oxygen atoms in total. The van der Waals surface area contributed by atoms with E-state index in [1.807, 2.05) is 18.6 Å². The summed E-state index contributed by atoms with van der Waals surface area (Å²) in [6.45, 7) is 5.63. The molecule has 0 bridgehead atoms. The molecule has 4 aliphatic rings. The van der Waals surface area contributed by atoms with E-state index in [9.17, 15) is 4.79 Å². The Morgan fingerprint density at radius 3 is 2.92 bits per heavy atom. The molecule has 4 atom stereocenters. The second kappa shape index (κ2) is 5.45. The zero-order valence-electron chi connectivity index (χ0n) is 15.7. The van der Waals surface area contributed by atoms with Crippen LogP contribution in [0.1, 0.15) is 46.0 Å². The summed E-state index contributed by atoms with van der Waals surface area (Å²) in [6, 6.07) is 0. The van der Waals surface area contributed by atoms with E-state index in [0.29, 0.717) is 11.8 Å². The van der Waals surface area contributed by atoms with Crippen molar-refractivity contribution in [3.63, 3.8) is 0 Å². The smallest absolute Gasteiger partial charge is 0.243 e. The molecular formula is C22H27N3O. The first-order valence-electron chi connectivity index (χ1n) is 9.92. The Labute approximate surface area is 155 Å². The molecular weight excluding hydrogens is 322 g/mol. The summed E-state index contributed by atoms with van der Waals surface area (Å²) in [5.41, 5.74) is 4.65. The first kappa shape index (κ1) is 16.1. The second-order valence-corrected chi connectivity index (χ2v) is 8.89. The number of rotatable bonds is 1. The number of carbonyl (C=O) groups is 1. The number of imidazole rings is 1. The lowest BCUT2D eigenvalue weighted by Gasteiger charge is -2.54. The third kappa shape index (κ3) is 2.07. The summed E-state index contributed by atoms with van der Waals surface area (Å²) in [4.78, 5) is 16.3. The van der Waals surface area contributed by atoms with Crippen LogP contribution in [0.3, 0.4) is 0 Å². The summed E-state index contributed by atoms with van der Waals surface area (Å²) < 4.78 is 2.19. The first-order chi connectivity index (χ1) is 12.5. The van der Waals surface area contributed by atoms with Gasteiger partial charge in [-0.05, 0) is 55.4 Å². The lowest BCUT2D eigenvalue weighted by atomic mass is 9.50. The van der Waals surface area contributed by atoms with Gasteiger partial charge in [0.1, 0.15) is 0 Å². The predicted molar refractivity (Wildman–Crippen MR) is 102 cm³/mol. The van der Waals surface area contributed by atoms with E-state index in [4.69, 9.17) is 0 Å². The summed E-state index contributed by atoms with van der Waals surface area (Å²) >= 11 is 0. The molecule has 26 heavy (non-hydrogen) atoms. The zero-order chi connectivity index (χ0) is 17.9. The van der Waals surface area contributed by atoms with Crippen LogP contribution in [0.15, 0.2) is 48.1 Å². The maximum atomic E-state index is 12.0. The number of nitrogens with zero attached hydrogens (tertiary/aromatic N) is 2. The SMILES string of the molecule is C[C@]12CC[C@H]3[C@@H](CCC4=CC(=O)NCC[C@@]43C)C1=CC=C2n1ccnc1. The highest BCUT2D eigenvalue weighted by atomic mass is 16.1. The van der Waals surface area contributed by atoms with Gasteiger partial charge in [0, 0.05) is 36.1 Å². The molecule has 0 spiro atoms. The van der Waals surface area contributed by atoms with Gasteiger partial charge in [-0.1, -0.05) is 31.1 Å². The highest BCUT2D eigenvalue weighted by Crippen LogP contribution is 2.63. The molecule has 1 N–H and O–H groups in total. The normalized spacial score (nSPS) is 38.8. The number of hydrogen-bond donors (Lipinski definition) is 1. The molecule has 1 aliphatic heterocycles. The Morgan fingerprint density at radius 1 is 1.23 bits per heavy atom. The van der Waals surface area contributed by atoms with Crippen LogP contribution < -0.4 is 5.32 Å². The molecule has 0 radical (unpaired) electrons. The van der Waals surface area contributed by atoms with Crippen LogP contribution in [0.2, 0.25) is 0 Å². The van der Waals surface area contributed by atoms with E-state index in [1.165, 1.54) is 30.5 Å². The molecule has 1 aromatic heterocycles. The van der Waals surface area contributed by atoms with Gasteiger partial charge in [-0.15, -0.1) is 0 Å². The van der Waals surface area contributed by atoms with E-state index in [0.717, 1.165) is 19.4 Å². The predicted octanol–water partition coefficient (Wildman–Crippen LogP) is 3.94. The van der Waals surface area contributed by atoms with Crippen LogP contribution in [0.25, 0.3) is 5.70 Å². The van der Waals surface area contributed by atoms with Crippen LogP contribution in [-0.4, -0.2) is 22.0 Å². The third-order valence-electron chi connectivity index (χ3n) is 7.77. The van der Waals surface area contributed by atoms with Gasteiger partial charge in [-0.3, -0.25) is 4.79 Å². The number of fused-ring (bicyclic) bond motifs is 5. The molecule has 0 unspecified atom stereocenters. The average molecular weight is 349 g/mol. The molecule has 2 heterocycles. The third-order valence-corrected chi connectivity index (χ3v) is 7.77. The van der Waals surface area contributed by atoms with E-state index >= 15 is 0 Å². The van der Waals surface area contributed by atoms with Gasteiger partial charge in [0.05, 0.1) is 6.33 Å². The summed E-state index contributed by atoms with van der Waals surface area (Å²) in [5.74, 6) is 1.37. The minimum Gasteiger partial charge on any atom is -0.353 e. The molecule has 1 amide bonds. The number of amides is 1. The van der Waals surface area contributed by atoms with Crippen molar-refractivity contribution in [1.29, 1.82) is 0 Å². The Morgan fingerprint density at radius 2 is 2.12 bits per heavy atom. The average Bonchev–Trinajstić information content (AvgIpc) is 3.20. The van der Waals surface area contributed by atoms with Crippen LogP contribution in [0.4, 0.5) is 0 Å². The molecule has 5 rings (SSSR count). The zero-order valence-corrected chi connectivity index (χ0v) is 15.7. The Kier molecular flexibility index (Phi) is 3.37. The standard InChI is InChI=1S/C22H27N3O/c1-21-9-10-24-20(26)13-15(21)3-4-16-17-5-6-19(25-12-11-23-14-25)22(17,2)8-7-18(16)21/h5-6,11-14,16,18H,3-4,7-10H2,1-2H3,(H,24,26)/t16-,18-,21-,22-/m0/s1. The van der Waals surface area contributed by atoms with E-state index in [2.05, 4.69) is 47.1 Å². The highest BCUT2D eigenvalue weighted by Gasteiger charge is 2.54. The summed E-state index contributed by atoms with van der Waals surface area (Å²) in [5, 5.41) is 3.05. The largest absolute Gasteiger partial charge is 0.353 e. The quantitative estimate of drug-likeness (QED) is 0.835. The molecule has 1 aromatic rings. The van der Waals surface area contributed by atoms with Crippen molar-refractivity contribution < 1.29 is 4.79 Å². The Balaban J connectivity index is 1.50. The lowest BCUT2D eigenvalue weighted by molar-refractivity contribution is -0.116.